The second-order valence-electron chi connectivity index (χ2n) is 6.41. The van der Waals surface area contributed by atoms with Gasteiger partial charge in [0, 0.05) is 17.8 Å². The van der Waals surface area contributed by atoms with Gasteiger partial charge in [0.15, 0.2) is 0 Å². The average Bonchev–Trinajstić information content (AvgIpc) is 3.07. The molecule has 1 atom stereocenters. The van der Waals surface area contributed by atoms with E-state index >= 15 is 0 Å². The molecular weight excluding hydrogens is 318 g/mol. The van der Waals surface area contributed by atoms with Crippen molar-refractivity contribution in [2.75, 3.05) is 13.7 Å². The number of hydrogen-bond acceptors (Lipinski definition) is 4. The van der Waals surface area contributed by atoms with Crippen molar-refractivity contribution in [3.63, 3.8) is 0 Å². The van der Waals surface area contributed by atoms with Crippen LogP contribution in [0.15, 0.2) is 29.1 Å². The summed E-state index contributed by atoms with van der Waals surface area (Å²) in [6, 6.07) is 7.85. The first-order valence-corrected chi connectivity index (χ1v) is 8.49. The van der Waals surface area contributed by atoms with Crippen LogP contribution in [-0.4, -0.2) is 34.4 Å². The van der Waals surface area contributed by atoms with E-state index < -0.39 is 0 Å². The Bertz CT molecular complexity index is 844. The van der Waals surface area contributed by atoms with Crippen LogP contribution in [0, 0.1) is 13.8 Å². The topological polar surface area (TPSA) is 75.3 Å². The summed E-state index contributed by atoms with van der Waals surface area (Å²) in [6.45, 7) is 4.21. The third-order valence-corrected chi connectivity index (χ3v) is 4.72. The van der Waals surface area contributed by atoms with Crippen molar-refractivity contribution in [3.05, 3.63) is 57.3 Å². The fraction of sp³-hybridized carbons (Fsp3) is 0.421. The fourth-order valence-electron chi connectivity index (χ4n) is 3.47. The summed E-state index contributed by atoms with van der Waals surface area (Å²) in [5.74, 6) is 1.31. The van der Waals surface area contributed by atoms with Crippen molar-refractivity contribution in [1.29, 1.82) is 0 Å². The zero-order chi connectivity index (χ0) is 18.0. The van der Waals surface area contributed by atoms with E-state index in [-0.39, 0.29) is 23.9 Å². The first-order valence-electron chi connectivity index (χ1n) is 8.49. The number of ether oxygens (including phenoxy) is 1. The molecule has 0 aliphatic carbocycles. The molecule has 1 saturated heterocycles. The summed E-state index contributed by atoms with van der Waals surface area (Å²) < 4.78 is 5.29. The number of likely N-dealkylation sites (tertiary alicyclic amines) is 1. The molecule has 1 aliphatic heterocycles. The predicted molar refractivity (Wildman–Crippen MR) is 94.7 cm³/mol. The van der Waals surface area contributed by atoms with Gasteiger partial charge in [0.05, 0.1) is 19.6 Å². The van der Waals surface area contributed by atoms with Gasteiger partial charge in [-0.05, 0) is 44.4 Å². The maximum absolute atomic E-state index is 12.9. The Morgan fingerprint density at radius 3 is 2.92 bits per heavy atom. The highest BCUT2D eigenvalue weighted by Gasteiger charge is 2.30. The summed E-state index contributed by atoms with van der Waals surface area (Å²) in [6.07, 6.45) is 1.95. The molecule has 132 valence electrons. The zero-order valence-electron chi connectivity index (χ0n) is 14.8. The van der Waals surface area contributed by atoms with Crippen LogP contribution in [0.1, 0.15) is 41.5 Å². The monoisotopic (exact) mass is 341 g/mol. The lowest BCUT2D eigenvalue weighted by molar-refractivity contribution is -0.131. The number of amides is 1. The molecule has 1 N–H and O–H groups in total. The standard InChI is InChI=1S/C19H23N3O3/c1-12-16(19(24)21-13(2)20-12)11-18(23)22-9-5-8-17(22)14-6-4-7-15(10-14)25-3/h4,6-7,10,17H,5,8-9,11H2,1-3H3,(H,20,21,24)/t17-/m1/s1. The van der Waals surface area contributed by atoms with E-state index in [0.717, 1.165) is 24.2 Å². The van der Waals surface area contributed by atoms with Crippen molar-refractivity contribution < 1.29 is 9.53 Å². The summed E-state index contributed by atoms with van der Waals surface area (Å²) in [7, 11) is 1.64. The Morgan fingerprint density at radius 2 is 2.20 bits per heavy atom. The number of benzene rings is 1. The van der Waals surface area contributed by atoms with Gasteiger partial charge in [0.1, 0.15) is 11.6 Å². The lowest BCUT2D eigenvalue weighted by Crippen LogP contribution is -2.34. The van der Waals surface area contributed by atoms with Gasteiger partial charge in [-0.1, -0.05) is 12.1 Å². The number of hydrogen-bond donors (Lipinski definition) is 1. The molecule has 3 rings (SSSR count). The number of aromatic amines is 1. The molecule has 0 spiro atoms. The molecule has 0 radical (unpaired) electrons. The van der Waals surface area contributed by atoms with Crippen molar-refractivity contribution in [2.45, 2.75) is 39.2 Å². The molecule has 0 saturated carbocycles. The van der Waals surface area contributed by atoms with Crippen LogP contribution in [0.25, 0.3) is 0 Å². The van der Waals surface area contributed by atoms with Crippen LogP contribution < -0.4 is 10.3 Å². The fourth-order valence-corrected chi connectivity index (χ4v) is 3.47. The first-order chi connectivity index (χ1) is 12.0. The van der Waals surface area contributed by atoms with E-state index in [0.29, 0.717) is 23.6 Å². The number of rotatable bonds is 4. The number of nitrogens with zero attached hydrogens (tertiary/aromatic N) is 2. The first kappa shape index (κ1) is 17.2. The van der Waals surface area contributed by atoms with Crippen LogP contribution in [0.5, 0.6) is 5.75 Å². The number of H-pyrrole nitrogens is 1. The highest BCUT2D eigenvalue weighted by Crippen LogP contribution is 2.33. The summed E-state index contributed by atoms with van der Waals surface area (Å²) in [5.41, 5.74) is 1.91. The smallest absolute Gasteiger partial charge is 0.254 e. The summed E-state index contributed by atoms with van der Waals surface area (Å²) >= 11 is 0. The largest absolute Gasteiger partial charge is 0.497 e. The van der Waals surface area contributed by atoms with E-state index in [1.54, 1.807) is 21.0 Å². The lowest BCUT2D eigenvalue weighted by Gasteiger charge is -2.25. The van der Waals surface area contributed by atoms with Gasteiger partial charge in [0.25, 0.3) is 5.56 Å². The summed E-state index contributed by atoms with van der Waals surface area (Å²) in [5, 5.41) is 0. The Labute approximate surface area is 146 Å². The van der Waals surface area contributed by atoms with Gasteiger partial charge >= 0.3 is 0 Å². The minimum atomic E-state index is -0.226. The highest BCUT2D eigenvalue weighted by atomic mass is 16.5. The van der Waals surface area contributed by atoms with Crippen LogP contribution in [0.3, 0.4) is 0 Å². The second kappa shape index (κ2) is 7.09. The Balaban J connectivity index is 1.83. The molecular formula is C19H23N3O3. The van der Waals surface area contributed by atoms with Gasteiger partial charge in [-0.25, -0.2) is 4.98 Å². The van der Waals surface area contributed by atoms with Crippen molar-refractivity contribution in [3.8, 4) is 5.75 Å². The molecule has 0 unspecified atom stereocenters. The van der Waals surface area contributed by atoms with E-state index in [1.807, 2.05) is 29.2 Å². The minimum absolute atomic E-state index is 0.0281. The number of aromatic nitrogens is 2. The molecule has 1 aromatic carbocycles. The second-order valence-corrected chi connectivity index (χ2v) is 6.41. The molecule has 2 heterocycles. The maximum Gasteiger partial charge on any atom is 0.254 e. The molecule has 25 heavy (non-hydrogen) atoms. The SMILES string of the molecule is COc1cccc([C@H]2CCCN2C(=O)Cc2c(C)nc(C)[nH]c2=O)c1. The van der Waals surface area contributed by atoms with Crippen LogP contribution in [0.2, 0.25) is 0 Å². The van der Waals surface area contributed by atoms with Gasteiger partial charge in [-0.15, -0.1) is 0 Å². The van der Waals surface area contributed by atoms with Crippen LogP contribution in [0.4, 0.5) is 0 Å². The third kappa shape index (κ3) is 3.57. The van der Waals surface area contributed by atoms with E-state index in [1.165, 1.54) is 0 Å². The average molecular weight is 341 g/mol. The van der Waals surface area contributed by atoms with Gasteiger partial charge in [-0.2, -0.15) is 0 Å². The molecule has 1 aliphatic rings. The van der Waals surface area contributed by atoms with Crippen molar-refractivity contribution >= 4 is 5.91 Å². The van der Waals surface area contributed by atoms with E-state index in [2.05, 4.69) is 9.97 Å². The van der Waals surface area contributed by atoms with Gasteiger partial charge in [0.2, 0.25) is 5.91 Å². The molecule has 2 aromatic rings. The number of methoxy groups -OCH3 is 1. The number of nitrogens with one attached hydrogen (secondary N) is 1. The van der Waals surface area contributed by atoms with Crippen LogP contribution in [-0.2, 0) is 11.2 Å². The van der Waals surface area contributed by atoms with E-state index in [9.17, 15) is 9.59 Å². The third-order valence-electron chi connectivity index (χ3n) is 4.72. The molecule has 1 amide bonds. The van der Waals surface area contributed by atoms with Crippen LogP contribution >= 0.6 is 0 Å². The maximum atomic E-state index is 12.9. The molecule has 1 aromatic heterocycles. The predicted octanol–water partition coefficient (Wildman–Crippen LogP) is 2.30. The van der Waals surface area contributed by atoms with E-state index in [4.69, 9.17) is 4.74 Å². The Morgan fingerprint density at radius 1 is 1.40 bits per heavy atom. The molecule has 6 heteroatoms. The lowest BCUT2D eigenvalue weighted by atomic mass is 10.0. The quantitative estimate of drug-likeness (QED) is 0.926. The minimum Gasteiger partial charge on any atom is -0.497 e. The van der Waals surface area contributed by atoms with Crippen molar-refractivity contribution in [1.82, 2.24) is 14.9 Å². The number of aryl methyl sites for hydroxylation is 2. The Hall–Kier alpha value is -2.63. The summed E-state index contributed by atoms with van der Waals surface area (Å²) in [4.78, 5) is 33.8. The molecule has 0 bridgehead atoms. The van der Waals surface area contributed by atoms with Gasteiger partial charge in [-0.3, -0.25) is 9.59 Å². The zero-order valence-corrected chi connectivity index (χ0v) is 14.8. The van der Waals surface area contributed by atoms with Crippen molar-refractivity contribution in [2.24, 2.45) is 0 Å². The number of carbonyl (C=O) groups excluding carboxylic acids is 1. The molecule has 6 nitrogen and oxygen atoms in total. The van der Waals surface area contributed by atoms with Gasteiger partial charge < -0.3 is 14.6 Å². The number of carbonyl (C=O) groups is 1. The Kier molecular flexibility index (Phi) is 4.88. The normalized spacial score (nSPS) is 16.9. The highest BCUT2D eigenvalue weighted by molar-refractivity contribution is 5.79. The molecule has 1 fully saturated rings.